The number of nitrogens with one attached hydrogen (secondary N) is 1. The summed E-state index contributed by atoms with van der Waals surface area (Å²) in [6, 6.07) is 4.33. The number of carbonyl (C=O) groups excluding carboxylic acids is 3. The number of aromatic nitrogens is 2. The van der Waals surface area contributed by atoms with Gasteiger partial charge in [-0.25, -0.2) is 18.7 Å². The van der Waals surface area contributed by atoms with Gasteiger partial charge in [-0.2, -0.15) is 0 Å². The van der Waals surface area contributed by atoms with Crippen molar-refractivity contribution in [1.82, 2.24) is 14.9 Å². The van der Waals surface area contributed by atoms with Gasteiger partial charge in [0.15, 0.2) is 10.9 Å². The van der Waals surface area contributed by atoms with E-state index in [-0.39, 0.29) is 61.4 Å². The molecule has 1 unspecified atom stereocenters. The molecule has 0 spiro atoms. The molecule has 0 radical (unpaired) electrons. The van der Waals surface area contributed by atoms with Crippen LogP contribution in [-0.4, -0.2) is 87.5 Å². The van der Waals surface area contributed by atoms with Gasteiger partial charge in [0.25, 0.3) is 5.92 Å². The molecule has 8 atom stereocenters. The number of carbonyl (C=O) groups is 4. The number of likely N-dealkylation sites (tertiary alicyclic amines) is 1. The van der Waals surface area contributed by atoms with Crippen molar-refractivity contribution in [3.05, 3.63) is 28.6 Å². The second-order valence-corrected chi connectivity index (χ2v) is 19.0. The molecule has 4 aliphatic rings. The van der Waals surface area contributed by atoms with Crippen LogP contribution in [0.5, 0.6) is 11.5 Å². The summed E-state index contributed by atoms with van der Waals surface area (Å²) in [5.41, 5.74) is -0.527. The first-order chi connectivity index (χ1) is 27.3. The molecule has 12 nitrogen and oxygen atoms in total. The predicted molar refractivity (Wildman–Crippen MR) is 214 cm³/mol. The summed E-state index contributed by atoms with van der Waals surface area (Å²) in [5.74, 6) is -7.14. The SMILES string of the molecule is CC[C@@H]1C[C@]1(CC(=O)[C@@H]1C[C@@H](Oc2cc(-c3csc(NC(C)C)n3)nc3c(Cl)c(OC)ccc23)CN1C(=O)[C@@H](CC(=O)OC1C[C@@H]2[C@H](C1)C2(F)F)C(C)(C)C)C(=O)O. The molecular weight excluding hydrogens is 794 g/mol. The minimum absolute atomic E-state index is 0.0304. The van der Waals surface area contributed by atoms with Crippen LogP contribution >= 0.6 is 22.9 Å². The number of amides is 1. The lowest BCUT2D eigenvalue weighted by Gasteiger charge is -2.35. The Morgan fingerprint density at radius 1 is 1.07 bits per heavy atom. The number of rotatable bonds is 15. The van der Waals surface area contributed by atoms with Gasteiger partial charge in [-0.1, -0.05) is 45.7 Å². The summed E-state index contributed by atoms with van der Waals surface area (Å²) in [4.78, 5) is 65.9. The average molecular weight is 845 g/mol. The summed E-state index contributed by atoms with van der Waals surface area (Å²) in [7, 11) is 1.50. The Kier molecular flexibility index (Phi) is 11.2. The Bertz CT molecular complexity index is 2110. The van der Waals surface area contributed by atoms with E-state index in [1.54, 1.807) is 18.2 Å². The van der Waals surface area contributed by atoms with Crippen LogP contribution in [-0.2, 0) is 23.9 Å². The van der Waals surface area contributed by atoms with Crippen molar-refractivity contribution in [2.75, 3.05) is 19.0 Å². The Morgan fingerprint density at radius 2 is 1.78 bits per heavy atom. The fourth-order valence-electron chi connectivity index (χ4n) is 9.04. The summed E-state index contributed by atoms with van der Waals surface area (Å²) in [6.45, 7) is 11.3. The third-order valence-corrected chi connectivity index (χ3v) is 13.6. The van der Waals surface area contributed by atoms with E-state index in [4.69, 9.17) is 35.8 Å². The summed E-state index contributed by atoms with van der Waals surface area (Å²) >= 11 is 8.24. The molecular formula is C42H51ClF2N4O8S. The van der Waals surface area contributed by atoms with Crippen LogP contribution in [0.2, 0.25) is 5.02 Å². The van der Waals surface area contributed by atoms with Gasteiger partial charge in [-0.3, -0.25) is 19.2 Å². The lowest BCUT2D eigenvalue weighted by Crippen LogP contribution is -2.48. The largest absolute Gasteiger partial charge is 0.495 e. The fraction of sp³-hybridized carbons (Fsp3) is 0.619. The second kappa shape index (κ2) is 15.5. The number of thiazole rings is 1. The number of carboxylic acids is 1. The van der Waals surface area contributed by atoms with Gasteiger partial charge in [0.1, 0.15) is 34.4 Å². The smallest absolute Gasteiger partial charge is 0.310 e. The maximum absolute atomic E-state index is 14.7. The lowest BCUT2D eigenvalue weighted by molar-refractivity contribution is -0.157. The highest BCUT2D eigenvalue weighted by molar-refractivity contribution is 7.14. The number of methoxy groups -OCH3 is 1. The molecule has 1 aliphatic heterocycles. The maximum Gasteiger partial charge on any atom is 0.310 e. The quantitative estimate of drug-likeness (QED) is 0.142. The van der Waals surface area contributed by atoms with Crippen molar-refractivity contribution < 1.29 is 47.3 Å². The van der Waals surface area contributed by atoms with Gasteiger partial charge >= 0.3 is 11.9 Å². The first kappa shape index (κ1) is 42.0. The number of ketones is 1. The highest BCUT2D eigenvalue weighted by Crippen LogP contribution is 2.64. The van der Waals surface area contributed by atoms with Gasteiger partial charge in [0.05, 0.1) is 48.7 Å². The molecule has 2 N–H and O–H groups in total. The molecule has 4 fully saturated rings. The number of hydrogen-bond donors (Lipinski definition) is 2. The zero-order chi connectivity index (χ0) is 42.1. The summed E-state index contributed by atoms with van der Waals surface area (Å²) in [6.07, 6.45) is -0.700. The van der Waals surface area contributed by atoms with Crippen LogP contribution in [0.25, 0.3) is 22.3 Å². The van der Waals surface area contributed by atoms with E-state index in [0.29, 0.717) is 51.8 Å². The van der Waals surface area contributed by atoms with Crippen molar-refractivity contribution in [3.63, 3.8) is 0 Å². The molecule has 1 amide bonds. The van der Waals surface area contributed by atoms with Crippen LogP contribution in [0, 0.1) is 34.5 Å². The standard InChI is InChI=1S/C42H51ClF2N4O8S/c1-8-21-16-41(21,38(53)54)17-31(50)30-13-23(18-49(30)37(52)27(40(4,5)6)14-34(51)57-22-11-25-26(12-22)42(25,44)45)56-33-15-28(29-19-58-39(48-29)46-20(2)3)47-36-24(33)9-10-32(55-7)35(36)43/h9-10,15,19-23,25-27,30H,8,11-14,16-18H2,1-7H3,(H,46,48)(H,53,54)/t21-,22?,23-,25-,26+,27-,30+,41-/m1/s1. The number of Topliss-reactive ketones (excluding diaryl/α,β-unsaturated/α-hetero) is 1. The second-order valence-electron chi connectivity index (χ2n) is 17.8. The Hall–Kier alpha value is -4.11. The fourth-order valence-corrected chi connectivity index (χ4v) is 10.2. The van der Waals surface area contributed by atoms with Crippen LogP contribution < -0.4 is 14.8 Å². The number of ether oxygens (including phenoxy) is 3. The number of halogens is 3. The van der Waals surface area contributed by atoms with E-state index in [1.807, 2.05) is 46.9 Å². The molecule has 1 aromatic carbocycles. The zero-order valence-electron chi connectivity index (χ0n) is 33.8. The number of carboxylic acid groups (broad SMARTS) is 1. The number of esters is 1. The highest BCUT2D eigenvalue weighted by Gasteiger charge is 2.72. The van der Waals surface area contributed by atoms with E-state index in [1.165, 1.54) is 23.3 Å². The van der Waals surface area contributed by atoms with Gasteiger partial charge in [-0.15, -0.1) is 11.3 Å². The molecule has 3 aliphatic carbocycles. The average Bonchev–Trinajstić information content (AvgIpc) is 3.58. The molecule has 2 aromatic heterocycles. The molecule has 3 saturated carbocycles. The molecule has 16 heteroatoms. The molecule has 0 bridgehead atoms. The number of anilines is 1. The van der Waals surface area contributed by atoms with Crippen molar-refractivity contribution in [2.24, 2.45) is 34.5 Å². The molecule has 3 aromatic rings. The van der Waals surface area contributed by atoms with E-state index < -0.39 is 70.6 Å². The topological polar surface area (TPSA) is 157 Å². The van der Waals surface area contributed by atoms with Gasteiger partial charge in [0.2, 0.25) is 5.91 Å². The number of benzene rings is 1. The van der Waals surface area contributed by atoms with Crippen LogP contribution in [0.1, 0.15) is 86.5 Å². The van der Waals surface area contributed by atoms with Crippen LogP contribution in [0.15, 0.2) is 23.6 Å². The number of pyridine rings is 1. The zero-order valence-corrected chi connectivity index (χ0v) is 35.3. The number of alkyl halides is 2. The first-order valence-electron chi connectivity index (χ1n) is 20.0. The Labute approximate surface area is 345 Å². The highest BCUT2D eigenvalue weighted by atomic mass is 35.5. The lowest BCUT2D eigenvalue weighted by atomic mass is 9.77. The monoisotopic (exact) mass is 844 g/mol. The minimum Gasteiger partial charge on any atom is -0.495 e. The van der Waals surface area contributed by atoms with Crippen molar-refractivity contribution >= 4 is 62.6 Å². The van der Waals surface area contributed by atoms with E-state index in [0.717, 1.165) is 0 Å². The van der Waals surface area contributed by atoms with E-state index >= 15 is 0 Å². The van der Waals surface area contributed by atoms with Crippen molar-refractivity contribution in [2.45, 2.75) is 117 Å². The number of nitrogens with zero attached hydrogens (tertiary/aromatic N) is 3. The number of aliphatic carboxylic acids is 1. The first-order valence-corrected chi connectivity index (χ1v) is 21.2. The van der Waals surface area contributed by atoms with Crippen LogP contribution in [0.4, 0.5) is 13.9 Å². The maximum atomic E-state index is 14.7. The molecule has 3 heterocycles. The molecule has 7 rings (SSSR count). The summed E-state index contributed by atoms with van der Waals surface area (Å²) < 4.78 is 45.5. The normalized spacial score (nSPS) is 27.6. The predicted octanol–water partition coefficient (Wildman–Crippen LogP) is 8.29. The third-order valence-electron chi connectivity index (χ3n) is 12.5. The van der Waals surface area contributed by atoms with Gasteiger partial charge in [-0.05, 0) is 56.6 Å². The van der Waals surface area contributed by atoms with E-state index in [2.05, 4.69) is 5.32 Å². The Balaban J connectivity index is 1.19. The summed E-state index contributed by atoms with van der Waals surface area (Å²) in [5, 5.41) is 16.9. The van der Waals surface area contributed by atoms with Crippen molar-refractivity contribution in [1.29, 1.82) is 0 Å². The Morgan fingerprint density at radius 3 is 2.38 bits per heavy atom. The number of hydrogen-bond acceptors (Lipinski definition) is 11. The third kappa shape index (κ3) is 7.97. The van der Waals surface area contributed by atoms with Gasteiger partial charge < -0.3 is 29.5 Å². The van der Waals surface area contributed by atoms with Crippen molar-refractivity contribution in [3.8, 4) is 22.9 Å². The van der Waals surface area contributed by atoms with Crippen LogP contribution in [0.3, 0.4) is 0 Å². The number of fused-ring (bicyclic) bond motifs is 2. The molecule has 314 valence electrons. The molecule has 58 heavy (non-hydrogen) atoms. The van der Waals surface area contributed by atoms with Gasteiger partial charge in [0, 0.05) is 47.6 Å². The minimum atomic E-state index is -2.71. The van der Waals surface area contributed by atoms with E-state index in [9.17, 15) is 33.1 Å². The molecule has 1 saturated heterocycles.